The van der Waals surface area contributed by atoms with Gasteiger partial charge in [-0.05, 0) is 18.6 Å². The second-order valence-corrected chi connectivity index (χ2v) is 5.98. The third-order valence-corrected chi connectivity index (χ3v) is 4.52. The van der Waals surface area contributed by atoms with Crippen LogP contribution < -0.4 is 0 Å². The van der Waals surface area contributed by atoms with Crippen LogP contribution in [-0.2, 0) is 9.59 Å². The lowest BCUT2D eigenvalue weighted by Gasteiger charge is -2.21. The van der Waals surface area contributed by atoms with Crippen LogP contribution in [0.25, 0.3) is 0 Å². The fourth-order valence-corrected chi connectivity index (χ4v) is 3.12. The zero-order chi connectivity index (χ0) is 15.2. The molecule has 2 amide bonds. The summed E-state index contributed by atoms with van der Waals surface area (Å²) in [4.78, 5) is 27.6. The molecule has 1 aromatic carbocycles. The number of halogens is 1. The molecule has 2 rings (SSSR count). The van der Waals surface area contributed by atoms with Crippen molar-refractivity contribution in [2.75, 3.05) is 31.9 Å². The monoisotopic (exact) mass is 310 g/mol. The summed E-state index contributed by atoms with van der Waals surface area (Å²) in [5.74, 6) is -0.0336. The van der Waals surface area contributed by atoms with Crippen molar-refractivity contribution in [2.45, 2.75) is 18.2 Å². The van der Waals surface area contributed by atoms with E-state index in [0.717, 1.165) is 6.42 Å². The van der Waals surface area contributed by atoms with E-state index in [2.05, 4.69) is 0 Å². The van der Waals surface area contributed by atoms with Crippen LogP contribution >= 0.6 is 11.8 Å². The maximum absolute atomic E-state index is 13.5. The molecule has 1 saturated heterocycles. The largest absolute Gasteiger partial charge is 0.341 e. The Labute approximate surface area is 128 Å². The Balaban J connectivity index is 1.86. The molecule has 0 saturated carbocycles. The van der Waals surface area contributed by atoms with Gasteiger partial charge < -0.3 is 9.80 Å². The molecule has 1 aliphatic heterocycles. The van der Waals surface area contributed by atoms with Crippen LogP contribution in [0.1, 0.15) is 13.3 Å². The van der Waals surface area contributed by atoms with E-state index in [4.69, 9.17) is 0 Å². The van der Waals surface area contributed by atoms with E-state index in [9.17, 15) is 14.0 Å². The molecule has 0 aliphatic carbocycles. The van der Waals surface area contributed by atoms with E-state index in [0.29, 0.717) is 31.1 Å². The van der Waals surface area contributed by atoms with E-state index in [-0.39, 0.29) is 23.4 Å². The van der Waals surface area contributed by atoms with Gasteiger partial charge in [0.15, 0.2) is 0 Å². The lowest BCUT2D eigenvalue weighted by molar-refractivity contribution is -0.130. The number of benzene rings is 1. The van der Waals surface area contributed by atoms with Gasteiger partial charge in [0.25, 0.3) is 0 Å². The highest BCUT2D eigenvalue weighted by molar-refractivity contribution is 8.00. The zero-order valence-electron chi connectivity index (χ0n) is 12.0. The van der Waals surface area contributed by atoms with Crippen molar-refractivity contribution in [1.29, 1.82) is 0 Å². The van der Waals surface area contributed by atoms with Gasteiger partial charge in [-0.3, -0.25) is 9.59 Å². The molecule has 0 unspecified atom stereocenters. The third kappa shape index (κ3) is 4.46. The van der Waals surface area contributed by atoms with Gasteiger partial charge in [-0.2, -0.15) is 0 Å². The number of carbonyl (C=O) groups excluding carboxylic acids is 2. The first kappa shape index (κ1) is 15.8. The molecule has 21 heavy (non-hydrogen) atoms. The first-order valence-corrected chi connectivity index (χ1v) is 7.97. The standard InChI is InChI=1S/C15H19FN2O2S/c1-12(19)17-7-4-8-18(10-9-17)15(20)11-21-14-6-3-2-5-13(14)16/h2-3,5-6H,4,7-11H2,1H3. The quantitative estimate of drug-likeness (QED) is 0.802. The molecule has 0 radical (unpaired) electrons. The molecule has 0 aromatic heterocycles. The van der Waals surface area contributed by atoms with Gasteiger partial charge in [-0.1, -0.05) is 12.1 Å². The van der Waals surface area contributed by atoms with Crippen molar-refractivity contribution in [3.8, 4) is 0 Å². The van der Waals surface area contributed by atoms with Crippen LogP contribution in [0.2, 0.25) is 0 Å². The number of hydrogen-bond donors (Lipinski definition) is 0. The summed E-state index contributed by atoms with van der Waals surface area (Å²) in [6.45, 7) is 4.02. The highest BCUT2D eigenvalue weighted by Gasteiger charge is 2.20. The zero-order valence-corrected chi connectivity index (χ0v) is 12.9. The molecular weight excluding hydrogens is 291 g/mol. The molecule has 114 valence electrons. The number of nitrogens with zero attached hydrogens (tertiary/aromatic N) is 2. The van der Waals surface area contributed by atoms with E-state index < -0.39 is 0 Å². The average molecular weight is 310 g/mol. The van der Waals surface area contributed by atoms with Gasteiger partial charge in [-0.25, -0.2) is 4.39 Å². The topological polar surface area (TPSA) is 40.6 Å². The summed E-state index contributed by atoms with van der Waals surface area (Å²) in [5.41, 5.74) is 0. The SMILES string of the molecule is CC(=O)N1CCCN(C(=O)CSc2ccccc2F)CC1. The Bertz CT molecular complexity index is 524. The fourth-order valence-electron chi connectivity index (χ4n) is 2.27. The van der Waals surface area contributed by atoms with Gasteiger partial charge in [0.05, 0.1) is 5.75 Å². The van der Waals surface area contributed by atoms with Crippen molar-refractivity contribution in [2.24, 2.45) is 0 Å². The van der Waals surface area contributed by atoms with Gasteiger partial charge in [0.2, 0.25) is 11.8 Å². The van der Waals surface area contributed by atoms with Crippen molar-refractivity contribution >= 4 is 23.6 Å². The van der Waals surface area contributed by atoms with Crippen LogP contribution in [0.5, 0.6) is 0 Å². The number of hydrogen-bond acceptors (Lipinski definition) is 3. The van der Waals surface area contributed by atoms with Crippen molar-refractivity contribution in [1.82, 2.24) is 9.80 Å². The minimum absolute atomic E-state index is 0.00587. The van der Waals surface area contributed by atoms with Crippen molar-refractivity contribution in [3.05, 3.63) is 30.1 Å². The number of thioether (sulfide) groups is 1. The van der Waals surface area contributed by atoms with Gasteiger partial charge in [0.1, 0.15) is 5.82 Å². The summed E-state index contributed by atoms with van der Waals surface area (Å²) in [6.07, 6.45) is 0.787. The smallest absolute Gasteiger partial charge is 0.232 e. The van der Waals surface area contributed by atoms with Crippen LogP contribution in [0.15, 0.2) is 29.2 Å². The molecule has 1 heterocycles. The third-order valence-electron chi connectivity index (χ3n) is 3.48. The first-order chi connectivity index (χ1) is 10.1. The molecule has 0 N–H and O–H groups in total. The Morgan fingerprint density at radius 3 is 2.52 bits per heavy atom. The average Bonchev–Trinajstić information content (AvgIpc) is 2.72. The maximum atomic E-state index is 13.5. The van der Waals surface area contributed by atoms with Gasteiger partial charge >= 0.3 is 0 Å². The Hall–Kier alpha value is -1.56. The highest BCUT2D eigenvalue weighted by atomic mass is 32.2. The Kier molecular flexibility index (Phi) is 5.61. The number of rotatable bonds is 3. The molecule has 0 spiro atoms. The second kappa shape index (κ2) is 7.45. The van der Waals surface area contributed by atoms with Gasteiger partial charge in [0, 0.05) is 38.0 Å². The summed E-state index contributed by atoms with van der Waals surface area (Å²) < 4.78 is 13.5. The van der Waals surface area contributed by atoms with Crippen molar-refractivity contribution < 1.29 is 14.0 Å². The summed E-state index contributed by atoms with van der Waals surface area (Å²) in [5, 5.41) is 0. The lowest BCUT2D eigenvalue weighted by Crippen LogP contribution is -2.37. The molecule has 4 nitrogen and oxygen atoms in total. The van der Waals surface area contributed by atoms with Crippen LogP contribution in [-0.4, -0.2) is 53.5 Å². The van der Waals surface area contributed by atoms with E-state index in [1.807, 2.05) is 0 Å². The van der Waals surface area contributed by atoms with Crippen molar-refractivity contribution in [3.63, 3.8) is 0 Å². The minimum atomic E-state index is -0.297. The Morgan fingerprint density at radius 1 is 1.14 bits per heavy atom. The Morgan fingerprint density at radius 2 is 1.81 bits per heavy atom. The minimum Gasteiger partial charge on any atom is -0.341 e. The molecule has 0 bridgehead atoms. The van der Waals surface area contributed by atoms with E-state index in [1.54, 1.807) is 34.9 Å². The molecule has 1 aliphatic rings. The van der Waals surface area contributed by atoms with Crippen LogP contribution in [0, 0.1) is 5.82 Å². The predicted molar refractivity (Wildman–Crippen MR) is 80.6 cm³/mol. The van der Waals surface area contributed by atoms with Crippen LogP contribution in [0.4, 0.5) is 4.39 Å². The highest BCUT2D eigenvalue weighted by Crippen LogP contribution is 2.21. The molecule has 1 fully saturated rings. The van der Waals surface area contributed by atoms with E-state index in [1.165, 1.54) is 17.8 Å². The maximum Gasteiger partial charge on any atom is 0.232 e. The molecule has 1 aromatic rings. The second-order valence-electron chi connectivity index (χ2n) is 4.96. The lowest BCUT2D eigenvalue weighted by atomic mass is 10.3. The normalized spacial score (nSPS) is 15.7. The fraction of sp³-hybridized carbons (Fsp3) is 0.467. The van der Waals surface area contributed by atoms with E-state index >= 15 is 0 Å². The van der Waals surface area contributed by atoms with Crippen LogP contribution in [0.3, 0.4) is 0 Å². The molecule has 6 heteroatoms. The molecule has 0 atom stereocenters. The summed E-state index contributed by atoms with van der Waals surface area (Å²) in [7, 11) is 0. The first-order valence-electron chi connectivity index (χ1n) is 6.98. The number of amides is 2. The van der Waals surface area contributed by atoms with Gasteiger partial charge in [-0.15, -0.1) is 11.8 Å². The summed E-state index contributed by atoms with van der Waals surface area (Å²) in [6, 6.07) is 6.45. The number of carbonyl (C=O) groups is 2. The summed E-state index contributed by atoms with van der Waals surface area (Å²) >= 11 is 1.22. The molecular formula is C15H19FN2O2S. The predicted octanol–water partition coefficient (Wildman–Crippen LogP) is 2.00.